The Morgan fingerprint density at radius 3 is 2.47 bits per heavy atom. The lowest BCUT2D eigenvalue weighted by Gasteiger charge is -2.29. The second-order valence-electron chi connectivity index (χ2n) is 5.03. The summed E-state index contributed by atoms with van der Waals surface area (Å²) in [6.07, 6.45) is 1.29. The van der Waals surface area contributed by atoms with Crippen LogP contribution in [0.2, 0.25) is 0 Å². The molecule has 0 saturated heterocycles. The summed E-state index contributed by atoms with van der Waals surface area (Å²) in [7, 11) is 0. The number of carbonyl (C=O) groups is 1. The fourth-order valence-corrected chi connectivity index (χ4v) is 2.16. The standard InChI is InChI=1S/C14H19N3O2/c1-10(2)16(11(3)4)14(18)19-17-13-8-6-5-7-12(13)9-15-17/h5-11H,1-4H3. The van der Waals surface area contributed by atoms with Gasteiger partial charge in [0, 0.05) is 17.5 Å². The van der Waals surface area contributed by atoms with E-state index in [1.54, 1.807) is 11.1 Å². The zero-order valence-electron chi connectivity index (χ0n) is 11.7. The molecule has 0 spiro atoms. The minimum Gasteiger partial charge on any atom is -0.301 e. The summed E-state index contributed by atoms with van der Waals surface area (Å²) < 4.78 is 0. The monoisotopic (exact) mass is 261 g/mol. The molecule has 0 N–H and O–H groups in total. The average Bonchev–Trinajstić information content (AvgIpc) is 2.72. The number of carbonyl (C=O) groups excluding carboxylic acids is 1. The van der Waals surface area contributed by atoms with E-state index in [1.165, 1.54) is 4.85 Å². The van der Waals surface area contributed by atoms with Crippen LogP contribution in [0, 0.1) is 0 Å². The van der Waals surface area contributed by atoms with Gasteiger partial charge in [-0.3, -0.25) is 4.84 Å². The summed E-state index contributed by atoms with van der Waals surface area (Å²) in [6, 6.07) is 7.76. The van der Waals surface area contributed by atoms with Gasteiger partial charge in [-0.1, -0.05) is 23.0 Å². The van der Waals surface area contributed by atoms with Crippen LogP contribution in [-0.4, -0.2) is 33.0 Å². The molecule has 0 unspecified atom stereocenters. The molecule has 19 heavy (non-hydrogen) atoms. The zero-order chi connectivity index (χ0) is 14.0. The van der Waals surface area contributed by atoms with E-state index >= 15 is 0 Å². The summed E-state index contributed by atoms with van der Waals surface area (Å²) >= 11 is 0. The van der Waals surface area contributed by atoms with Crippen LogP contribution in [0.4, 0.5) is 4.79 Å². The average molecular weight is 261 g/mol. The third kappa shape index (κ3) is 2.70. The van der Waals surface area contributed by atoms with Crippen LogP contribution in [0.25, 0.3) is 10.9 Å². The van der Waals surface area contributed by atoms with E-state index in [-0.39, 0.29) is 18.2 Å². The lowest BCUT2D eigenvalue weighted by Crippen LogP contribution is -2.45. The first-order chi connectivity index (χ1) is 9.00. The quantitative estimate of drug-likeness (QED) is 0.853. The molecule has 0 radical (unpaired) electrons. The van der Waals surface area contributed by atoms with E-state index in [2.05, 4.69) is 5.10 Å². The molecule has 1 amide bonds. The molecule has 1 heterocycles. The van der Waals surface area contributed by atoms with Crippen molar-refractivity contribution in [1.82, 2.24) is 14.8 Å². The van der Waals surface area contributed by atoms with Crippen molar-refractivity contribution in [1.29, 1.82) is 0 Å². The highest BCUT2D eigenvalue weighted by Crippen LogP contribution is 2.12. The van der Waals surface area contributed by atoms with Crippen molar-refractivity contribution in [2.75, 3.05) is 0 Å². The maximum absolute atomic E-state index is 12.2. The van der Waals surface area contributed by atoms with E-state index in [0.29, 0.717) is 0 Å². The van der Waals surface area contributed by atoms with Crippen molar-refractivity contribution < 1.29 is 9.63 Å². The Morgan fingerprint density at radius 1 is 1.21 bits per heavy atom. The number of hydrogen-bond acceptors (Lipinski definition) is 3. The van der Waals surface area contributed by atoms with E-state index in [0.717, 1.165) is 10.9 Å². The minimum atomic E-state index is -0.390. The number of fused-ring (bicyclic) bond motifs is 1. The second kappa shape index (κ2) is 5.30. The molecule has 1 aromatic carbocycles. The molecular weight excluding hydrogens is 242 g/mol. The van der Waals surface area contributed by atoms with Crippen molar-refractivity contribution >= 4 is 17.0 Å². The predicted molar refractivity (Wildman–Crippen MR) is 73.8 cm³/mol. The van der Waals surface area contributed by atoms with Gasteiger partial charge in [0.25, 0.3) is 0 Å². The lowest BCUT2D eigenvalue weighted by atomic mass is 10.2. The van der Waals surface area contributed by atoms with Gasteiger partial charge >= 0.3 is 6.09 Å². The second-order valence-corrected chi connectivity index (χ2v) is 5.03. The van der Waals surface area contributed by atoms with Crippen molar-refractivity contribution in [2.24, 2.45) is 0 Å². The summed E-state index contributed by atoms with van der Waals surface area (Å²) in [5.41, 5.74) is 0.781. The molecule has 2 rings (SSSR count). The van der Waals surface area contributed by atoms with E-state index in [1.807, 2.05) is 52.0 Å². The zero-order valence-corrected chi connectivity index (χ0v) is 11.7. The molecular formula is C14H19N3O2. The third-order valence-corrected chi connectivity index (χ3v) is 2.93. The van der Waals surface area contributed by atoms with E-state index < -0.39 is 0 Å². The van der Waals surface area contributed by atoms with Crippen LogP contribution in [0.5, 0.6) is 0 Å². The van der Waals surface area contributed by atoms with Crippen molar-refractivity contribution in [2.45, 2.75) is 39.8 Å². The van der Waals surface area contributed by atoms with Gasteiger partial charge in [-0.2, -0.15) is 0 Å². The molecule has 1 aromatic heterocycles. The first-order valence-corrected chi connectivity index (χ1v) is 6.44. The molecule has 0 aliphatic rings. The van der Waals surface area contributed by atoms with Gasteiger partial charge in [-0.25, -0.2) is 4.79 Å². The van der Waals surface area contributed by atoms with Crippen LogP contribution in [0.1, 0.15) is 27.7 Å². The Balaban J connectivity index is 2.23. The molecule has 2 aromatic rings. The van der Waals surface area contributed by atoms with Gasteiger partial charge < -0.3 is 4.90 Å². The smallest absolute Gasteiger partial charge is 0.301 e. The van der Waals surface area contributed by atoms with Gasteiger partial charge in [-0.15, -0.1) is 5.10 Å². The van der Waals surface area contributed by atoms with Gasteiger partial charge in [0.1, 0.15) is 5.52 Å². The van der Waals surface area contributed by atoms with Gasteiger partial charge in [0.2, 0.25) is 0 Å². The van der Waals surface area contributed by atoms with E-state index in [9.17, 15) is 4.79 Å². The van der Waals surface area contributed by atoms with Gasteiger partial charge in [0.15, 0.2) is 0 Å². The third-order valence-electron chi connectivity index (χ3n) is 2.93. The molecule has 5 nitrogen and oxygen atoms in total. The number of aromatic nitrogens is 2. The summed E-state index contributed by atoms with van der Waals surface area (Å²) in [4.78, 5) is 20.5. The number of hydrogen-bond donors (Lipinski definition) is 0. The first kappa shape index (κ1) is 13.4. The van der Waals surface area contributed by atoms with Crippen molar-refractivity contribution in [3.05, 3.63) is 30.5 Å². The fraction of sp³-hybridized carbons (Fsp3) is 0.429. The molecule has 0 aliphatic heterocycles. The summed E-state index contributed by atoms with van der Waals surface area (Å²) in [5, 5.41) is 5.02. The highest BCUT2D eigenvalue weighted by Gasteiger charge is 2.23. The van der Waals surface area contributed by atoms with Crippen LogP contribution in [0.3, 0.4) is 0 Å². The fourth-order valence-electron chi connectivity index (χ4n) is 2.16. The van der Waals surface area contributed by atoms with Crippen LogP contribution < -0.4 is 4.84 Å². The highest BCUT2D eigenvalue weighted by atomic mass is 16.7. The lowest BCUT2D eigenvalue weighted by molar-refractivity contribution is 0.0638. The highest BCUT2D eigenvalue weighted by molar-refractivity contribution is 5.79. The Hall–Kier alpha value is -2.04. The number of amides is 1. The van der Waals surface area contributed by atoms with Gasteiger partial charge in [-0.05, 0) is 33.8 Å². The number of nitrogens with zero attached hydrogens (tertiary/aromatic N) is 3. The Morgan fingerprint density at radius 2 is 1.84 bits per heavy atom. The van der Waals surface area contributed by atoms with Gasteiger partial charge in [0.05, 0.1) is 6.20 Å². The maximum atomic E-state index is 12.2. The minimum absolute atomic E-state index is 0.0781. The molecule has 102 valence electrons. The van der Waals surface area contributed by atoms with Crippen LogP contribution in [0.15, 0.2) is 30.5 Å². The Kier molecular flexibility index (Phi) is 3.74. The van der Waals surface area contributed by atoms with E-state index in [4.69, 9.17) is 4.84 Å². The number of para-hydroxylation sites is 1. The van der Waals surface area contributed by atoms with Crippen LogP contribution >= 0.6 is 0 Å². The number of rotatable bonds is 3. The maximum Gasteiger partial charge on any atom is 0.436 e. The van der Waals surface area contributed by atoms with Crippen molar-refractivity contribution in [3.8, 4) is 0 Å². The molecule has 0 bridgehead atoms. The molecule has 0 aliphatic carbocycles. The summed E-state index contributed by atoms with van der Waals surface area (Å²) in [6.45, 7) is 7.84. The molecule has 0 saturated carbocycles. The van der Waals surface area contributed by atoms with Crippen molar-refractivity contribution in [3.63, 3.8) is 0 Å². The normalized spacial score (nSPS) is 11.3. The van der Waals surface area contributed by atoms with Crippen LogP contribution in [-0.2, 0) is 0 Å². The molecule has 0 atom stereocenters. The largest absolute Gasteiger partial charge is 0.436 e. The molecule has 0 fully saturated rings. The predicted octanol–water partition coefficient (Wildman–Crippen LogP) is 2.70. The first-order valence-electron chi connectivity index (χ1n) is 6.44. The number of benzene rings is 1. The SMILES string of the molecule is CC(C)N(C(=O)On1ncc2ccccc21)C(C)C. The topological polar surface area (TPSA) is 47.4 Å². The Bertz CT molecular complexity index is 567. The molecule has 5 heteroatoms. The Labute approximate surface area is 112 Å². The summed E-state index contributed by atoms with van der Waals surface area (Å²) in [5.74, 6) is 0.